The molecule has 1 fully saturated rings. The molecule has 0 unspecified atom stereocenters. The molecule has 138 valence electrons. The third-order valence-corrected chi connectivity index (χ3v) is 6.64. The maximum absolute atomic E-state index is 4.70. The molecule has 4 nitrogen and oxygen atoms in total. The Kier molecular flexibility index (Phi) is 6.35. The summed E-state index contributed by atoms with van der Waals surface area (Å²) in [6.45, 7) is 11.2. The predicted molar refractivity (Wildman–Crippen MR) is 119 cm³/mol. The molecule has 0 bridgehead atoms. The van der Waals surface area contributed by atoms with Gasteiger partial charge in [0.15, 0.2) is 5.96 Å². The lowest BCUT2D eigenvalue weighted by Crippen LogP contribution is -2.72. The minimum absolute atomic E-state index is 0. The highest BCUT2D eigenvalue weighted by atomic mass is 127. The number of fused-ring (bicyclic) bond motifs is 1. The number of halogens is 1. The number of hydrogen-bond donors (Lipinski definition) is 1. The van der Waals surface area contributed by atoms with E-state index in [1.54, 1.807) is 11.3 Å². The predicted octanol–water partition coefficient (Wildman–Crippen LogP) is 4.54. The second kappa shape index (κ2) is 7.78. The lowest BCUT2D eigenvalue weighted by atomic mass is 9.65. The molecule has 2 aromatic rings. The molecule has 0 amide bonds. The molecule has 1 saturated heterocycles. The number of likely N-dealkylation sites (tertiary alicyclic amines) is 1. The van der Waals surface area contributed by atoms with Crippen LogP contribution in [0.1, 0.15) is 39.1 Å². The number of benzene rings is 1. The van der Waals surface area contributed by atoms with Crippen LogP contribution in [0.2, 0.25) is 0 Å². The minimum atomic E-state index is 0. The van der Waals surface area contributed by atoms with Crippen molar-refractivity contribution in [3.8, 4) is 0 Å². The van der Waals surface area contributed by atoms with Crippen LogP contribution < -0.4 is 5.32 Å². The van der Waals surface area contributed by atoms with Crippen molar-refractivity contribution in [3.05, 3.63) is 29.3 Å². The topological polar surface area (TPSA) is 40.5 Å². The van der Waals surface area contributed by atoms with Gasteiger partial charge in [-0.1, -0.05) is 26.0 Å². The number of aromatic nitrogens is 1. The molecular weight excluding hydrogens is 443 g/mol. The molecule has 1 aliphatic rings. The number of para-hydroxylation sites is 1. The minimum Gasteiger partial charge on any atom is -0.356 e. The number of aliphatic imine (C=N–C) groups is 1. The first-order chi connectivity index (χ1) is 11.3. The highest BCUT2D eigenvalue weighted by Crippen LogP contribution is 2.46. The van der Waals surface area contributed by atoms with E-state index >= 15 is 0 Å². The summed E-state index contributed by atoms with van der Waals surface area (Å²) in [5.41, 5.74) is 1.58. The number of aryl methyl sites for hydroxylation is 1. The summed E-state index contributed by atoms with van der Waals surface area (Å²) < 4.78 is 1.28. The van der Waals surface area contributed by atoms with Gasteiger partial charge in [-0.2, -0.15) is 0 Å². The Morgan fingerprint density at radius 2 is 2.00 bits per heavy atom. The van der Waals surface area contributed by atoms with Crippen molar-refractivity contribution in [2.75, 3.05) is 20.1 Å². The van der Waals surface area contributed by atoms with Crippen molar-refractivity contribution < 1.29 is 0 Å². The number of thiazole rings is 1. The number of guanidine groups is 1. The van der Waals surface area contributed by atoms with Crippen LogP contribution in [-0.2, 0) is 6.42 Å². The van der Waals surface area contributed by atoms with E-state index in [4.69, 9.17) is 4.98 Å². The van der Waals surface area contributed by atoms with Crippen molar-refractivity contribution in [1.82, 2.24) is 15.2 Å². The van der Waals surface area contributed by atoms with Crippen LogP contribution in [0.15, 0.2) is 29.3 Å². The molecule has 2 heterocycles. The van der Waals surface area contributed by atoms with Crippen molar-refractivity contribution >= 4 is 51.5 Å². The molecule has 25 heavy (non-hydrogen) atoms. The third-order valence-electron chi connectivity index (χ3n) is 5.54. The fourth-order valence-electron chi connectivity index (χ4n) is 3.16. The fraction of sp³-hybridized carbons (Fsp3) is 0.579. The van der Waals surface area contributed by atoms with Crippen LogP contribution >= 0.6 is 35.3 Å². The number of nitrogens with zero attached hydrogens (tertiary/aromatic N) is 3. The van der Waals surface area contributed by atoms with Gasteiger partial charge in [0.05, 0.1) is 15.2 Å². The van der Waals surface area contributed by atoms with E-state index in [0.717, 1.165) is 37.4 Å². The summed E-state index contributed by atoms with van der Waals surface area (Å²) in [5, 5.41) is 4.74. The van der Waals surface area contributed by atoms with Crippen LogP contribution in [0.3, 0.4) is 0 Å². The molecular formula is C19H29IN4S. The van der Waals surface area contributed by atoms with Gasteiger partial charge in [-0.3, -0.25) is 4.99 Å². The van der Waals surface area contributed by atoms with Crippen molar-refractivity contribution in [1.29, 1.82) is 0 Å². The Bertz CT molecular complexity index is 718. The fourth-order valence-corrected chi connectivity index (χ4v) is 4.17. The lowest BCUT2D eigenvalue weighted by Gasteiger charge is -2.62. The second-order valence-electron chi connectivity index (χ2n) is 7.68. The van der Waals surface area contributed by atoms with Crippen LogP contribution in [0.4, 0.5) is 0 Å². The van der Waals surface area contributed by atoms with E-state index < -0.39 is 0 Å². The monoisotopic (exact) mass is 472 g/mol. The Morgan fingerprint density at radius 3 is 2.60 bits per heavy atom. The first-order valence-corrected chi connectivity index (χ1v) is 9.49. The van der Waals surface area contributed by atoms with E-state index in [2.05, 4.69) is 61.1 Å². The Balaban J connectivity index is 0.00000225. The van der Waals surface area contributed by atoms with Crippen LogP contribution in [-0.4, -0.2) is 41.5 Å². The average molecular weight is 472 g/mol. The standard InChI is InChI=1S/C19H28N4S.HI/c1-18(2)13-23(19(18,3)4)17(20-5)21-12-8-11-16-22-14-9-6-7-10-15(14)24-16;/h6-7,9-10H,8,11-13H2,1-5H3,(H,20,21);1H. The average Bonchev–Trinajstić information content (AvgIpc) is 2.96. The van der Waals surface area contributed by atoms with E-state index in [0.29, 0.717) is 5.41 Å². The maximum Gasteiger partial charge on any atom is 0.194 e. The van der Waals surface area contributed by atoms with Crippen LogP contribution in [0.25, 0.3) is 10.2 Å². The van der Waals surface area contributed by atoms with Gasteiger partial charge in [-0.05, 0) is 32.4 Å². The second-order valence-corrected chi connectivity index (χ2v) is 8.80. The molecule has 1 aliphatic heterocycles. The van der Waals surface area contributed by atoms with Crippen molar-refractivity contribution in [2.24, 2.45) is 10.4 Å². The lowest BCUT2D eigenvalue weighted by molar-refractivity contribution is -0.0667. The summed E-state index contributed by atoms with van der Waals surface area (Å²) in [6, 6.07) is 8.35. The molecule has 6 heteroatoms. The quantitative estimate of drug-likeness (QED) is 0.308. The van der Waals surface area contributed by atoms with Crippen LogP contribution in [0, 0.1) is 5.41 Å². The van der Waals surface area contributed by atoms with E-state index in [9.17, 15) is 0 Å². The smallest absolute Gasteiger partial charge is 0.194 e. The van der Waals surface area contributed by atoms with Crippen molar-refractivity contribution in [2.45, 2.75) is 46.1 Å². The molecule has 0 saturated carbocycles. The summed E-state index contributed by atoms with van der Waals surface area (Å²) in [5.74, 6) is 1.02. The molecule has 0 spiro atoms. The van der Waals surface area contributed by atoms with Gasteiger partial charge in [-0.15, -0.1) is 35.3 Å². The van der Waals surface area contributed by atoms with Crippen molar-refractivity contribution in [3.63, 3.8) is 0 Å². The highest BCUT2D eigenvalue weighted by Gasteiger charge is 2.53. The summed E-state index contributed by atoms with van der Waals surface area (Å²) in [6.07, 6.45) is 2.08. The third kappa shape index (κ3) is 3.94. The van der Waals surface area contributed by atoms with Gasteiger partial charge in [0.2, 0.25) is 0 Å². The highest BCUT2D eigenvalue weighted by molar-refractivity contribution is 14.0. The Morgan fingerprint density at radius 1 is 1.28 bits per heavy atom. The molecule has 0 aliphatic carbocycles. The van der Waals surface area contributed by atoms with Gasteiger partial charge < -0.3 is 10.2 Å². The SMILES string of the molecule is CN=C(NCCCc1nc2ccccc2s1)N1CC(C)(C)C1(C)C.I. The van der Waals surface area contributed by atoms with Gasteiger partial charge >= 0.3 is 0 Å². The van der Waals surface area contributed by atoms with E-state index in [-0.39, 0.29) is 29.5 Å². The number of nitrogens with one attached hydrogen (secondary N) is 1. The van der Waals surface area contributed by atoms with Gasteiger partial charge in [0, 0.05) is 37.5 Å². The molecule has 1 aromatic heterocycles. The first kappa shape index (κ1) is 20.4. The number of hydrogen-bond acceptors (Lipinski definition) is 3. The number of rotatable bonds is 4. The zero-order chi connectivity index (χ0) is 17.4. The molecule has 1 N–H and O–H groups in total. The maximum atomic E-state index is 4.70. The summed E-state index contributed by atoms with van der Waals surface area (Å²) in [4.78, 5) is 11.6. The van der Waals surface area contributed by atoms with Crippen LogP contribution in [0.5, 0.6) is 0 Å². The summed E-state index contributed by atoms with van der Waals surface area (Å²) in [7, 11) is 1.87. The molecule has 3 rings (SSSR count). The molecule has 0 radical (unpaired) electrons. The zero-order valence-corrected chi connectivity index (χ0v) is 18.9. The summed E-state index contributed by atoms with van der Waals surface area (Å²) >= 11 is 1.80. The van der Waals surface area contributed by atoms with Gasteiger partial charge in [0.25, 0.3) is 0 Å². The van der Waals surface area contributed by atoms with Gasteiger partial charge in [0.1, 0.15) is 0 Å². The Labute approximate surface area is 172 Å². The zero-order valence-electron chi connectivity index (χ0n) is 15.8. The molecule has 1 aromatic carbocycles. The molecule has 0 atom stereocenters. The Hall–Kier alpha value is -0.890. The first-order valence-electron chi connectivity index (χ1n) is 8.68. The van der Waals surface area contributed by atoms with Gasteiger partial charge in [-0.25, -0.2) is 4.98 Å². The van der Waals surface area contributed by atoms with E-state index in [1.807, 2.05) is 13.1 Å². The normalized spacial score (nSPS) is 18.6. The largest absolute Gasteiger partial charge is 0.356 e. The van der Waals surface area contributed by atoms with E-state index in [1.165, 1.54) is 9.71 Å².